The summed E-state index contributed by atoms with van der Waals surface area (Å²) in [6.45, 7) is -0.339. The topological polar surface area (TPSA) is 188 Å². The lowest BCUT2D eigenvalue weighted by Crippen LogP contribution is -2.33. The van der Waals surface area contributed by atoms with Crippen LogP contribution in [0.2, 0.25) is 0 Å². The van der Waals surface area contributed by atoms with Crippen LogP contribution in [0, 0.1) is 5.82 Å². The number of nitrogens with one attached hydrogen (secondary N) is 1. The number of aromatic nitrogens is 5. The highest BCUT2D eigenvalue weighted by Crippen LogP contribution is 2.34. The standard InChI is InChI=1S/C18H22FN7O6S/c19-11-4-2-1-3-10(11)8-21-17-14-18(23-9-22-17)26(25-24-14)12-7-13(16(28)15(12)27)31-5-6-32-33(20,29)30/h1-4,9,12-13,15-16,27-28H,5-8H2,(H2,20,29,30)(H,21,22,23)/t12-,13+,15+,16-/m0/s1. The molecule has 4 atom stereocenters. The lowest BCUT2D eigenvalue weighted by atomic mass is 10.2. The summed E-state index contributed by atoms with van der Waals surface area (Å²) in [7, 11) is -4.10. The SMILES string of the molecule is NS(=O)(=O)OCCO[C@@H]1C[C@H](n2nnc3c(NCc4ccccc4F)ncnc32)[C@@H](O)[C@H]1O. The van der Waals surface area contributed by atoms with Gasteiger partial charge in [-0.05, 0) is 6.07 Å². The van der Waals surface area contributed by atoms with Crippen molar-refractivity contribution in [3.05, 3.63) is 42.0 Å². The number of hydrogen-bond acceptors (Lipinski definition) is 11. The number of aliphatic hydroxyl groups is 2. The van der Waals surface area contributed by atoms with Crippen LogP contribution in [0.1, 0.15) is 18.0 Å². The van der Waals surface area contributed by atoms with E-state index in [2.05, 4.69) is 29.8 Å². The summed E-state index contributed by atoms with van der Waals surface area (Å²) in [5.74, 6) is -0.0296. The van der Waals surface area contributed by atoms with Gasteiger partial charge in [-0.2, -0.15) is 8.42 Å². The first-order valence-corrected chi connectivity index (χ1v) is 11.4. The van der Waals surface area contributed by atoms with Gasteiger partial charge in [0.15, 0.2) is 17.0 Å². The predicted octanol–water partition coefficient (Wildman–Crippen LogP) is -0.756. The Balaban J connectivity index is 1.47. The number of ether oxygens (including phenoxy) is 1. The van der Waals surface area contributed by atoms with Gasteiger partial charge in [0.2, 0.25) is 0 Å². The predicted molar refractivity (Wildman–Crippen MR) is 111 cm³/mol. The maximum atomic E-state index is 13.9. The lowest BCUT2D eigenvalue weighted by Gasteiger charge is -2.17. The maximum absolute atomic E-state index is 13.9. The molecule has 3 aromatic rings. The Morgan fingerprint density at radius 3 is 2.76 bits per heavy atom. The summed E-state index contributed by atoms with van der Waals surface area (Å²) in [6, 6.07) is 5.59. The molecule has 1 fully saturated rings. The molecule has 4 rings (SSSR count). The average molecular weight is 483 g/mol. The van der Waals surface area contributed by atoms with Crippen molar-refractivity contribution in [2.45, 2.75) is 37.3 Å². The zero-order valence-electron chi connectivity index (χ0n) is 17.2. The third-order valence-corrected chi connectivity index (χ3v) is 5.74. The minimum atomic E-state index is -4.10. The summed E-state index contributed by atoms with van der Waals surface area (Å²) in [5, 5.41) is 36.8. The van der Waals surface area contributed by atoms with E-state index in [1.807, 2.05) is 0 Å². The Morgan fingerprint density at radius 1 is 1.21 bits per heavy atom. The number of nitrogens with zero attached hydrogens (tertiary/aromatic N) is 5. The van der Waals surface area contributed by atoms with Crippen molar-refractivity contribution in [2.24, 2.45) is 5.14 Å². The van der Waals surface area contributed by atoms with Crippen LogP contribution < -0.4 is 10.5 Å². The van der Waals surface area contributed by atoms with Crippen molar-refractivity contribution in [2.75, 3.05) is 18.5 Å². The molecule has 1 aromatic carbocycles. The molecule has 33 heavy (non-hydrogen) atoms. The molecular weight excluding hydrogens is 461 g/mol. The first kappa shape index (κ1) is 23.3. The van der Waals surface area contributed by atoms with Crippen LogP contribution in [0.4, 0.5) is 10.2 Å². The van der Waals surface area contributed by atoms with Gasteiger partial charge in [-0.1, -0.05) is 23.4 Å². The molecule has 0 unspecified atom stereocenters. The van der Waals surface area contributed by atoms with Crippen molar-refractivity contribution in [3.63, 3.8) is 0 Å². The summed E-state index contributed by atoms with van der Waals surface area (Å²) in [6.07, 6.45) is -1.89. The molecule has 15 heteroatoms. The van der Waals surface area contributed by atoms with E-state index >= 15 is 0 Å². The fourth-order valence-corrected chi connectivity index (χ4v) is 3.96. The minimum absolute atomic E-state index is 0.151. The van der Waals surface area contributed by atoms with Gasteiger partial charge in [0.1, 0.15) is 24.4 Å². The van der Waals surface area contributed by atoms with Crippen molar-refractivity contribution in [3.8, 4) is 0 Å². The van der Waals surface area contributed by atoms with E-state index in [0.29, 0.717) is 22.5 Å². The number of benzene rings is 1. The number of halogens is 1. The van der Waals surface area contributed by atoms with Gasteiger partial charge >= 0.3 is 10.3 Å². The smallest absolute Gasteiger partial charge is 0.333 e. The average Bonchev–Trinajstić information content (AvgIpc) is 3.32. The van der Waals surface area contributed by atoms with E-state index in [0.717, 1.165) is 0 Å². The number of aliphatic hydroxyl groups excluding tert-OH is 2. The van der Waals surface area contributed by atoms with Crippen LogP contribution in [0.15, 0.2) is 30.6 Å². The fraction of sp³-hybridized carbons (Fsp3) is 0.444. The quantitative estimate of drug-likeness (QED) is 0.280. The van der Waals surface area contributed by atoms with Crippen LogP contribution in [0.3, 0.4) is 0 Å². The Bertz CT molecular complexity index is 1230. The molecule has 0 spiro atoms. The Hall–Kier alpha value is -2.82. The number of nitrogens with two attached hydrogens (primary N) is 1. The second-order valence-electron chi connectivity index (χ2n) is 7.38. The Labute approximate surface area is 187 Å². The van der Waals surface area contributed by atoms with Crippen molar-refractivity contribution in [1.29, 1.82) is 0 Å². The highest BCUT2D eigenvalue weighted by molar-refractivity contribution is 7.84. The van der Waals surface area contributed by atoms with E-state index in [4.69, 9.17) is 9.88 Å². The molecule has 0 amide bonds. The lowest BCUT2D eigenvalue weighted by molar-refractivity contribution is -0.0612. The zero-order chi connectivity index (χ0) is 23.6. The molecule has 1 saturated carbocycles. The van der Waals surface area contributed by atoms with Crippen molar-refractivity contribution >= 4 is 27.3 Å². The minimum Gasteiger partial charge on any atom is -0.388 e. The van der Waals surface area contributed by atoms with Crippen LogP contribution in [0.5, 0.6) is 0 Å². The van der Waals surface area contributed by atoms with Crippen LogP contribution in [0.25, 0.3) is 11.2 Å². The van der Waals surface area contributed by atoms with E-state index in [-0.39, 0.29) is 32.0 Å². The summed E-state index contributed by atoms with van der Waals surface area (Å²) >= 11 is 0. The monoisotopic (exact) mass is 483 g/mol. The van der Waals surface area contributed by atoms with Gasteiger partial charge < -0.3 is 20.3 Å². The fourth-order valence-electron chi connectivity index (χ4n) is 3.66. The van der Waals surface area contributed by atoms with Gasteiger partial charge in [0.05, 0.1) is 25.4 Å². The molecule has 0 saturated heterocycles. The second-order valence-corrected chi connectivity index (χ2v) is 8.60. The molecule has 0 bridgehead atoms. The highest BCUT2D eigenvalue weighted by Gasteiger charge is 2.44. The van der Waals surface area contributed by atoms with Gasteiger partial charge in [0, 0.05) is 18.5 Å². The number of anilines is 1. The van der Waals surface area contributed by atoms with E-state index in [1.54, 1.807) is 18.2 Å². The number of fused-ring (bicyclic) bond motifs is 1. The third-order valence-electron chi connectivity index (χ3n) is 5.24. The summed E-state index contributed by atoms with van der Waals surface area (Å²) < 4.78 is 46.7. The molecular formula is C18H22FN7O6S. The van der Waals surface area contributed by atoms with E-state index in [1.165, 1.54) is 17.1 Å². The van der Waals surface area contributed by atoms with Gasteiger partial charge in [-0.15, -0.1) is 5.10 Å². The summed E-state index contributed by atoms with van der Waals surface area (Å²) in [4.78, 5) is 8.32. The Morgan fingerprint density at radius 2 is 2.00 bits per heavy atom. The molecule has 178 valence electrons. The van der Waals surface area contributed by atoms with Crippen LogP contribution >= 0.6 is 0 Å². The number of rotatable bonds is 9. The highest BCUT2D eigenvalue weighted by atomic mass is 32.2. The van der Waals surface area contributed by atoms with Crippen molar-refractivity contribution < 1.29 is 31.9 Å². The molecule has 2 aromatic heterocycles. The first-order valence-electron chi connectivity index (χ1n) is 9.92. The van der Waals surface area contributed by atoms with Gasteiger partial charge in [-0.3, -0.25) is 4.18 Å². The molecule has 5 N–H and O–H groups in total. The van der Waals surface area contributed by atoms with Gasteiger partial charge in [0.25, 0.3) is 0 Å². The van der Waals surface area contributed by atoms with Crippen LogP contribution in [-0.2, 0) is 25.8 Å². The first-order chi connectivity index (χ1) is 15.7. The second kappa shape index (κ2) is 9.58. The largest absolute Gasteiger partial charge is 0.388 e. The third kappa shape index (κ3) is 5.23. The zero-order valence-corrected chi connectivity index (χ0v) is 18.0. The normalized spacial score (nSPS) is 23.3. The van der Waals surface area contributed by atoms with E-state index in [9.17, 15) is 23.0 Å². The molecule has 0 aliphatic heterocycles. The van der Waals surface area contributed by atoms with Gasteiger partial charge in [-0.25, -0.2) is 24.2 Å². The van der Waals surface area contributed by atoms with E-state index < -0.39 is 34.7 Å². The molecule has 2 heterocycles. The maximum Gasteiger partial charge on any atom is 0.333 e. The number of hydrogen-bond donors (Lipinski definition) is 4. The molecule has 1 aliphatic carbocycles. The molecule has 0 radical (unpaired) electrons. The Kier molecular flexibility index (Phi) is 6.78. The van der Waals surface area contributed by atoms with Crippen molar-refractivity contribution in [1.82, 2.24) is 25.0 Å². The van der Waals surface area contributed by atoms with Crippen LogP contribution in [-0.4, -0.2) is 75.1 Å². The molecule has 13 nitrogen and oxygen atoms in total. The summed E-state index contributed by atoms with van der Waals surface area (Å²) in [5.41, 5.74) is 1.05. The molecule has 1 aliphatic rings.